The standard InChI is InChI=1S/C20H16FN3/c1-22-19-5-3-2-4-18(19)15-10-11-24-17(12-15)13-20(23-24)14-6-8-16(21)9-7-14/h2-13,22H,1H3. The van der Waals surface area contributed by atoms with E-state index in [0.717, 1.165) is 33.6 Å². The van der Waals surface area contributed by atoms with Gasteiger partial charge >= 0.3 is 0 Å². The second-order valence-corrected chi connectivity index (χ2v) is 5.62. The van der Waals surface area contributed by atoms with Gasteiger partial charge in [-0.15, -0.1) is 0 Å². The van der Waals surface area contributed by atoms with E-state index in [4.69, 9.17) is 0 Å². The lowest BCUT2D eigenvalue weighted by Crippen LogP contribution is -1.92. The zero-order chi connectivity index (χ0) is 16.5. The molecule has 0 saturated heterocycles. The summed E-state index contributed by atoms with van der Waals surface area (Å²) in [4.78, 5) is 0. The van der Waals surface area contributed by atoms with E-state index >= 15 is 0 Å². The van der Waals surface area contributed by atoms with E-state index in [1.807, 2.05) is 42.0 Å². The molecule has 0 bridgehead atoms. The maximum absolute atomic E-state index is 13.1. The van der Waals surface area contributed by atoms with Crippen LogP contribution in [0.1, 0.15) is 0 Å². The van der Waals surface area contributed by atoms with E-state index in [1.54, 1.807) is 12.1 Å². The molecule has 118 valence electrons. The van der Waals surface area contributed by atoms with E-state index in [1.165, 1.54) is 12.1 Å². The molecular formula is C20H16FN3. The second kappa shape index (κ2) is 5.81. The molecule has 0 atom stereocenters. The van der Waals surface area contributed by atoms with Crippen LogP contribution in [0.25, 0.3) is 27.9 Å². The Morgan fingerprint density at radius 3 is 2.50 bits per heavy atom. The van der Waals surface area contributed by atoms with Crippen molar-refractivity contribution in [3.8, 4) is 22.4 Å². The Morgan fingerprint density at radius 2 is 1.71 bits per heavy atom. The molecule has 0 aliphatic heterocycles. The first-order chi connectivity index (χ1) is 11.7. The van der Waals surface area contributed by atoms with Gasteiger partial charge in [-0.2, -0.15) is 5.10 Å². The first kappa shape index (κ1) is 14.5. The lowest BCUT2D eigenvalue weighted by molar-refractivity contribution is 0.628. The number of nitrogens with zero attached hydrogens (tertiary/aromatic N) is 2. The lowest BCUT2D eigenvalue weighted by Gasteiger charge is -2.09. The Hall–Kier alpha value is -3.14. The molecular weight excluding hydrogens is 301 g/mol. The normalized spacial score (nSPS) is 10.9. The molecule has 0 radical (unpaired) electrons. The van der Waals surface area contributed by atoms with Crippen molar-refractivity contribution in [2.45, 2.75) is 0 Å². The van der Waals surface area contributed by atoms with Gasteiger partial charge in [0.1, 0.15) is 5.82 Å². The Labute approximate surface area is 139 Å². The monoisotopic (exact) mass is 317 g/mol. The van der Waals surface area contributed by atoms with Crippen molar-refractivity contribution in [3.05, 3.63) is 78.7 Å². The third-order valence-electron chi connectivity index (χ3n) is 4.11. The van der Waals surface area contributed by atoms with Gasteiger partial charge in [0.05, 0.1) is 11.2 Å². The first-order valence-corrected chi connectivity index (χ1v) is 7.77. The van der Waals surface area contributed by atoms with Gasteiger partial charge < -0.3 is 5.32 Å². The van der Waals surface area contributed by atoms with Crippen LogP contribution in [0.15, 0.2) is 72.9 Å². The van der Waals surface area contributed by atoms with E-state index in [2.05, 4.69) is 28.6 Å². The SMILES string of the molecule is CNc1ccccc1-c1ccn2nc(-c3ccc(F)cc3)cc2c1. The number of pyridine rings is 1. The summed E-state index contributed by atoms with van der Waals surface area (Å²) in [7, 11) is 1.92. The Morgan fingerprint density at radius 1 is 0.917 bits per heavy atom. The van der Waals surface area contributed by atoms with Gasteiger partial charge in [0.15, 0.2) is 0 Å². The highest BCUT2D eigenvalue weighted by atomic mass is 19.1. The highest BCUT2D eigenvalue weighted by Crippen LogP contribution is 2.29. The van der Waals surface area contributed by atoms with Crippen LogP contribution in [-0.2, 0) is 0 Å². The predicted molar refractivity (Wildman–Crippen MR) is 95.6 cm³/mol. The zero-order valence-corrected chi connectivity index (χ0v) is 13.2. The Bertz CT molecular complexity index is 1000. The minimum Gasteiger partial charge on any atom is -0.388 e. The topological polar surface area (TPSA) is 29.3 Å². The average Bonchev–Trinajstić information content (AvgIpc) is 3.05. The van der Waals surface area contributed by atoms with Crippen LogP contribution >= 0.6 is 0 Å². The van der Waals surface area contributed by atoms with E-state index in [9.17, 15) is 4.39 Å². The summed E-state index contributed by atoms with van der Waals surface area (Å²) in [5.74, 6) is -0.242. The molecule has 0 fully saturated rings. The molecule has 3 nitrogen and oxygen atoms in total. The smallest absolute Gasteiger partial charge is 0.123 e. The van der Waals surface area contributed by atoms with Gasteiger partial charge in [0.2, 0.25) is 0 Å². The second-order valence-electron chi connectivity index (χ2n) is 5.62. The fraction of sp³-hybridized carbons (Fsp3) is 0.0500. The number of halogens is 1. The number of anilines is 1. The number of benzene rings is 2. The van der Waals surface area contributed by atoms with Gasteiger partial charge in [0, 0.05) is 30.1 Å². The van der Waals surface area contributed by atoms with Gasteiger partial charge in [-0.1, -0.05) is 18.2 Å². The Balaban J connectivity index is 1.80. The highest BCUT2D eigenvalue weighted by molar-refractivity contribution is 5.80. The molecule has 0 aliphatic carbocycles. The average molecular weight is 317 g/mol. The van der Waals surface area contributed by atoms with Crippen molar-refractivity contribution in [2.24, 2.45) is 0 Å². The molecule has 4 aromatic rings. The Kier molecular flexibility index (Phi) is 3.50. The van der Waals surface area contributed by atoms with Crippen molar-refractivity contribution in [1.82, 2.24) is 9.61 Å². The van der Waals surface area contributed by atoms with Gasteiger partial charge in [-0.05, 0) is 54.1 Å². The first-order valence-electron chi connectivity index (χ1n) is 7.77. The molecule has 0 aliphatic rings. The van der Waals surface area contributed by atoms with Gasteiger partial charge in [-0.3, -0.25) is 0 Å². The summed E-state index contributed by atoms with van der Waals surface area (Å²) in [6.45, 7) is 0. The number of fused-ring (bicyclic) bond motifs is 1. The summed E-state index contributed by atoms with van der Waals surface area (Å²) in [6, 6.07) is 20.7. The van der Waals surface area contributed by atoms with Gasteiger partial charge in [0.25, 0.3) is 0 Å². The maximum Gasteiger partial charge on any atom is 0.123 e. The number of hydrogen-bond acceptors (Lipinski definition) is 2. The number of rotatable bonds is 3. The maximum atomic E-state index is 13.1. The number of aromatic nitrogens is 2. The quantitative estimate of drug-likeness (QED) is 0.585. The molecule has 0 unspecified atom stereocenters. The highest BCUT2D eigenvalue weighted by Gasteiger charge is 2.08. The molecule has 0 saturated carbocycles. The van der Waals surface area contributed by atoms with Crippen LogP contribution in [0.2, 0.25) is 0 Å². The number of para-hydroxylation sites is 1. The van der Waals surface area contributed by atoms with Crippen LogP contribution < -0.4 is 5.32 Å². The summed E-state index contributed by atoms with van der Waals surface area (Å²) in [6.07, 6.45) is 1.95. The summed E-state index contributed by atoms with van der Waals surface area (Å²) >= 11 is 0. The van der Waals surface area contributed by atoms with Crippen molar-refractivity contribution in [3.63, 3.8) is 0 Å². The fourth-order valence-corrected chi connectivity index (χ4v) is 2.88. The van der Waals surface area contributed by atoms with Crippen LogP contribution in [0.3, 0.4) is 0 Å². The molecule has 2 aromatic carbocycles. The van der Waals surface area contributed by atoms with Crippen molar-refractivity contribution in [2.75, 3.05) is 12.4 Å². The van der Waals surface area contributed by atoms with E-state index in [-0.39, 0.29) is 5.82 Å². The van der Waals surface area contributed by atoms with Crippen LogP contribution in [0, 0.1) is 5.82 Å². The molecule has 1 N–H and O–H groups in total. The van der Waals surface area contributed by atoms with Crippen LogP contribution in [0.4, 0.5) is 10.1 Å². The molecule has 2 aromatic heterocycles. The molecule has 2 heterocycles. The predicted octanol–water partition coefficient (Wildman–Crippen LogP) is 4.85. The van der Waals surface area contributed by atoms with Crippen molar-refractivity contribution < 1.29 is 4.39 Å². The number of hydrogen-bond donors (Lipinski definition) is 1. The molecule has 4 heteroatoms. The molecule has 0 spiro atoms. The summed E-state index contributed by atoms with van der Waals surface area (Å²) in [5.41, 5.74) is 6.08. The van der Waals surface area contributed by atoms with Gasteiger partial charge in [-0.25, -0.2) is 8.91 Å². The minimum atomic E-state index is -0.242. The third-order valence-corrected chi connectivity index (χ3v) is 4.11. The summed E-state index contributed by atoms with van der Waals surface area (Å²) in [5, 5.41) is 7.79. The summed E-state index contributed by atoms with van der Waals surface area (Å²) < 4.78 is 14.9. The minimum absolute atomic E-state index is 0.242. The van der Waals surface area contributed by atoms with Crippen molar-refractivity contribution >= 4 is 11.2 Å². The van der Waals surface area contributed by atoms with Crippen LogP contribution in [0.5, 0.6) is 0 Å². The van der Waals surface area contributed by atoms with Crippen LogP contribution in [-0.4, -0.2) is 16.7 Å². The molecule has 4 rings (SSSR count). The fourth-order valence-electron chi connectivity index (χ4n) is 2.88. The molecule has 0 amide bonds. The largest absolute Gasteiger partial charge is 0.388 e. The zero-order valence-electron chi connectivity index (χ0n) is 13.2. The third kappa shape index (κ3) is 2.52. The van der Waals surface area contributed by atoms with E-state index < -0.39 is 0 Å². The number of nitrogens with one attached hydrogen (secondary N) is 1. The van der Waals surface area contributed by atoms with Crippen molar-refractivity contribution in [1.29, 1.82) is 0 Å². The lowest BCUT2D eigenvalue weighted by atomic mass is 10.0. The molecule has 24 heavy (non-hydrogen) atoms. The van der Waals surface area contributed by atoms with E-state index in [0.29, 0.717) is 0 Å².